The number of nitrogens with two attached hydrogens (primary N) is 2. The SMILES string of the molecule is CN=C(N)NCCC[C@@H](N)C(=O)N[C@@H](CC(C)C)c1ncc(Cc2ccccc2)o1. The van der Waals surface area contributed by atoms with Crippen LogP contribution < -0.4 is 22.1 Å². The lowest BCUT2D eigenvalue weighted by Crippen LogP contribution is -2.43. The second-order valence-corrected chi connectivity index (χ2v) is 7.80. The fourth-order valence-corrected chi connectivity index (χ4v) is 3.08. The van der Waals surface area contributed by atoms with E-state index in [4.69, 9.17) is 15.9 Å². The fraction of sp³-hybridized carbons (Fsp3) is 0.500. The molecular formula is C22H34N6O2. The average molecular weight is 415 g/mol. The maximum Gasteiger partial charge on any atom is 0.237 e. The van der Waals surface area contributed by atoms with E-state index >= 15 is 0 Å². The van der Waals surface area contributed by atoms with E-state index in [0.29, 0.717) is 43.6 Å². The van der Waals surface area contributed by atoms with E-state index in [0.717, 1.165) is 17.7 Å². The predicted molar refractivity (Wildman–Crippen MR) is 119 cm³/mol. The number of oxazole rings is 1. The minimum absolute atomic E-state index is 0.208. The topological polar surface area (TPSA) is 132 Å². The number of aromatic nitrogens is 1. The third kappa shape index (κ3) is 7.87. The van der Waals surface area contributed by atoms with Gasteiger partial charge in [0.25, 0.3) is 0 Å². The Bertz CT molecular complexity index is 803. The summed E-state index contributed by atoms with van der Waals surface area (Å²) in [6.07, 6.45) is 4.35. The van der Waals surface area contributed by atoms with Gasteiger partial charge in [-0.2, -0.15) is 0 Å². The third-order valence-electron chi connectivity index (χ3n) is 4.69. The van der Waals surface area contributed by atoms with Crippen LogP contribution in [0, 0.1) is 5.92 Å². The number of guanidine groups is 1. The molecule has 0 aliphatic heterocycles. The molecule has 1 amide bonds. The van der Waals surface area contributed by atoms with Crippen LogP contribution in [-0.4, -0.2) is 36.5 Å². The highest BCUT2D eigenvalue weighted by Crippen LogP contribution is 2.22. The Morgan fingerprint density at radius 3 is 2.67 bits per heavy atom. The lowest BCUT2D eigenvalue weighted by molar-refractivity contribution is -0.123. The van der Waals surface area contributed by atoms with Gasteiger partial charge in [0.15, 0.2) is 5.96 Å². The number of aliphatic imine (C=N–C) groups is 1. The summed E-state index contributed by atoms with van der Waals surface area (Å²) in [6.45, 7) is 4.80. The molecule has 8 nitrogen and oxygen atoms in total. The van der Waals surface area contributed by atoms with Crippen LogP contribution in [-0.2, 0) is 11.2 Å². The first kappa shape index (κ1) is 23.4. The third-order valence-corrected chi connectivity index (χ3v) is 4.69. The van der Waals surface area contributed by atoms with Gasteiger partial charge in [-0.05, 0) is 30.7 Å². The number of hydrogen-bond acceptors (Lipinski definition) is 5. The number of carbonyl (C=O) groups is 1. The minimum atomic E-state index is -0.611. The van der Waals surface area contributed by atoms with Gasteiger partial charge in [-0.3, -0.25) is 9.79 Å². The van der Waals surface area contributed by atoms with Crippen molar-refractivity contribution in [1.82, 2.24) is 15.6 Å². The largest absolute Gasteiger partial charge is 0.443 e. The molecule has 0 bridgehead atoms. The Balaban J connectivity index is 1.94. The van der Waals surface area contributed by atoms with Crippen LogP contribution >= 0.6 is 0 Å². The maximum atomic E-state index is 12.6. The summed E-state index contributed by atoms with van der Waals surface area (Å²) in [6, 6.07) is 9.14. The van der Waals surface area contributed by atoms with E-state index in [9.17, 15) is 4.79 Å². The molecule has 2 atom stereocenters. The van der Waals surface area contributed by atoms with Crippen LogP contribution in [0.15, 0.2) is 45.9 Å². The Morgan fingerprint density at radius 1 is 1.27 bits per heavy atom. The van der Waals surface area contributed by atoms with Gasteiger partial charge in [0.1, 0.15) is 11.8 Å². The van der Waals surface area contributed by atoms with Crippen molar-refractivity contribution in [3.05, 3.63) is 53.7 Å². The van der Waals surface area contributed by atoms with Crippen LogP contribution in [0.25, 0.3) is 0 Å². The second kappa shape index (κ2) is 12.0. The van der Waals surface area contributed by atoms with E-state index in [2.05, 4.69) is 34.5 Å². The van der Waals surface area contributed by atoms with E-state index < -0.39 is 6.04 Å². The van der Waals surface area contributed by atoms with Crippen molar-refractivity contribution in [1.29, 1.82) is 0 Å². The molecule has 8 heteroatoms. The Hall–Kier alpha value is -2.87. The standard InChI is InChI=1S/C22H34N6O2/c1-15(2)12-19(28-20(29)18(23)10-7-11-26-22(24)25-3)21-27-14-17(30-21)13-16-8-5-4-6-9-16/h4-6,8-9,14-15,18-19H,7,10-13,23H2,1-3H3,(H,28,29)(H3,24,25,26)/t18-,19+/m1/s1. The summed E-state index contributed by atoms with van der Waals surface area (Å²) in [4.78, 5) is 20.9. The molecule has 2 aromatic rings. The monoisotopic (exact) mass is 414 g/mol. The molecule has 2 rings (SSSR count). The number of benzene rings is 1. The number of amides is 1. The van der Waals surface area contributed by atoms with Crippen LogP contribution in [0.3, 0.4) is 0 Å². The molecule has 1 heterocycles. The smallest absolute Gasteiger partial charge is 0.237 e. The van der Waals surface area contributed by atoms with Crippen molar-refractivity contribution in [2.75, 3.05) is 13.6 Å². The van der Waals surface area contributed by atoms with Gasteiger partial charge in [-0.15, -0.1) is 0 Å². The zero-order valence-electron chi connectivity index (χ0n) is 18.1. The van der Waals surface area contributed by atoms with Crippen molar-refractivity contribution >= 4 is 11.9 Å². The van der Waals surface area contributed by atoms with Gasteiger partial charge >= 0.3 is 0 Å². The fourth-order valence-electron chi connectivity index (χ4n) is 3.08. The van der Waals surface area contributed by atoms with Crippen LogP contribution in [0.2, 0.25) is 0 Å². The molecule has 0 unspecified atom stereocenters. The van der Waals surface area contributed by atoms with E-state index in [1.165, 1.54) is 0 Å². The van der Waals surface area contributed by atoms with Crippen LogP contribution in [0.5, 0.6) is 0 Å². The highest BCUT2D eigenvalue weighted by atomic mass is 16.4. The number of carbonyl (C=O) groups excluding carboxylic acids is 1. The molecule has 1 aromatic carbocycles. The number of rotatable bonds is 11. The summed E-state index contributed by atoms with van der Waals surface area (Å²) < 4.78 is 5.96. The molecular weight excluding hydrogens is 380 g/mol. The minimum Gasteiger partial charge on any atom is -0.443 e. The molecule has 0 saturated heterocycles. The lowest BCUT2D eigenvalue weighted by Gasteiger charge is -2.20. The van der Waals surface area contributed by atoms with Gasteiger partial charge < -0.3 is 26.5 Å². The average Bonchev–Trinajstić information content (AvgIpc) is 3.19. The van der Waals surface area contributed by atoms with Crippen molar-refractivity contribution in [3.8, 4) is 0 Å². The molecule has 164 valence electrons. The molecule has 6 N–H and O–H groups in total. The van der Waals surface area contributed by atoms with E-state index in [-0.39, 0.29) is 11.9 Å². The van der Waals surface area contributed by atoms with Crippen LogP contribution in [0.4, 0.5) is 0 Å². The summed E-state index contributed by atoms with van der Waals surface area (Å²) in [7, 11) is 1.62. The molecule has 0 radical (unpaired) electrons. The van der Waals surface area contributed by atoms with Gasteiger partial charge in [0.2, 0.25) is 11.8 Å². The molecule has 0 aliphatic rings. The normalized spacial score (nSPS) is 13.8. The molecule has 30 heavy (non-hydrogen) atoms. The highest BCUT2D eigenvalue weighted by molar-refractivity contribution is 5.81. The maximum absolute atomic E-state index is 12.6. The van der Waals surface area contributed by atoms with Crippen LogP contribution in [0.1, 0.15) is 56.4 Å². The molecule has 0 spiro atoms. The Kier molecular flexibility index (Phi) is 9.34. The molecule has 0 aliphatic carbocycles. The van der Waals surface area contributed by atoms with Gasteiger partial charge in [0.05, 0.1) is 12.2 Å². The number of hydrogen-bond donors (Lipinski definition) is 4. The zero-order valence-corrected chi connectivity index (χ0v) is 18.1. The number of nitrogens with zero attached hydrogens (tertiary/aromatic N) is 2. The van der Waals surface area contributed by atoms with Crippen molar-refractivity contribution in [3.63, 3.8) is 0 Å². The first-order valence-corrected chi connectivity index (χ1v) is 10.4. The quantitative estimate of drug-likeness (QED) is 0.253. The predicted octanol–water partition coefficient (Wildman–Crippen LogP) is 2.11. The van der Waals surface area contributed by atoms with Gasteiger partial charge in [-0.1, -0.05) is 44.2 Å². The number of nitrogens with one attached hydrogen (secondary N) is 2. The Labute approximate surface area is 178 Å². The Morgan fingerprint density at radius 2 is 2.00 bits per heavy atom. The van der Waals surface area contributed by atoms with E-state index in [1.807, 2.05) is 30.3 Å². The molecule has 0 fully saturated rings. The van der Waals surface area contributed by atoms with Crippen molar-refractivity contribution in [2.45, 2.75) is 51.6 Å². The summed E-state index contributed by atoms with van der Waals surface area (Å²) in [5, 5.41) is 5.97. The first-order chi connectivity index (χ1) is 14.4. The van der Waals surface area contributed by atoms with Crippen molar-refractivity contribution in [2.24, 2.45) is 22.4 Å². The van der Waals surface area contributed by atoms with Gasteiger partial charge in [-0.25, -0.2) is 4.98 Å². The van der Waals surface area contributed by atoms with Gasteiger partial charge in [0, 0.05) is 20.0 Å². The van der Waals surface area contributed by atoms with E-state index in [1.54, 1.807) is 13.2 Å². The lowest BCUT2D eigenvalue weighted by atomic mass is 10.0. The zero-order chi connectivity index (χ0) is 21.9. The van der Waals surface area contributed by atoms with Crippen molar-refractivity contribution < 1.29 is 9.21 Å². The summed E-state index contributed by atoms with van der Waals surface area (Å²) in [5.41, 5.74) is 12.8. The molecule has 1 aromatic heterocycles. The summed E-state index contributed by atoms with van der Waals surface area (Å²) >= 11 is 0. The highest BCUT2D eigenvalue weighted by Gasteiger charge is 2.24. The second-order valence-electron chi connectivity index (χ2n) is 7.80. The first-order valence-electron chi connectivity index (χ1n) is 10.4. The molecule has 0 saturated carbocycles. The summed E-state index contributed by atoms with van der Waals surface area (Å²) in [5.74, 6) is 1.81.